The number of hydrogen-bond acceptors (Lipinski definition) is 3. The molecule has 3 aliphatic rings. The average Bonchev–Trinajstić information content (AvgIpc) is 2.93. The number of carbonyl (C=O) groups is 1. The fourth-order valence-corrected chi connectivity index (χ4v) is 4.88. The largest absolute Gasteiger partial charge is 0.304 e. The number of carbonyl (C=O) groups excluding carboxylic acids is 1. The van der Waals surface area contributed by atoms with Crippen molar-refractivity contribution in [2.75, 3.05) is 0 Å². The zero-order valence-electron chi connectivity index (χ0n) is 11.6. The molecule has 0 radical (unpaired) electrons. The summed E-state index contributed by atoms with van der Waals surface area (Å²) < 4.78 is -0.152. The van der Waals surface area contributed by atoms with E-state index in [1.807, 2.05) is 0 Å². The molecule has 0 aromatic carbocycles. The first-order valence-corrected chi connectivity index (χ1v) is 8.68. The Balaban J connectivity index is 1.65. The van der Waals surface area contributed by atoms with Crippen LogP contribution in [0.4, 0.5) is 0 Å². The van der Waals surface area contributed by atoms with Gasteiger partial charge in [-0.25, -0.2) is 0 Å². The molecule has 3 rings (SSSR count). The third kappa shape index (κ3) is 2.99. The summed E-state index contributed by atoms with van der Waals surface area (Å²) in [4.78, 5) is 17.0. The molecule has 0 unspecified atom stereocenters. The van der Waals surface area contributed by atoms with E-state index in [2.05, 4.69) is 5.32 Å². The van der Waals surface area contributed by atoms with Crippen molar-refractivity contribution >= 4 is 22.8 Å². The van der Waals surface area contributed by atoms with Crippen molar-refractivity contribution in [3.8, 4) is 0 Å². The highest BCUT2D eigenvalue weighted by atomic mass is 32.2. The summed E-state index contributed by atoms with van der Waals surface area (Å²) in [6.45, 7) is 0. The lowest BCUT2D eigenvalue weighted by atomic mass is 9.97. The van der Waals surface area contributed by atoms with Gasteiger partial charge < -0.3 is 5.32 Å². The molecule has 1 aliphatic heterocycles. The van der Waals surface area contributed by atoms with Crippen LogP contribution in [-0.2, 0) is 4.79 Å². The highest BCUT2D eigenvalue weighted by Gasteiger charge is 2.48. The quantitative estimate of drug-likeness (QED) is 0.797. The minimum absolute atomic E-state index is 0.152. The van der Waals surface area contributed by atoms with Crippen molar-refractivity contribution in [2.45, 2.75) is 81.4 Å². The molecular weight excluding hydrogens is 256 g/mol. The van der Waals surface area contributed by atoms with Gasteiger partial charge in [0.05, 0.1) is 6.04 Å². The van der Waals surface area contributed by atoms with Gasteiger partial charge in [0, 0.05) is 0 Å². The average molecular weight is 280 g/mol. The van der Waals surface area contributed by atoms with Crippen LogP contribution in [0.2, 0.25) is 0 Å². The molecule has 2 aliphatic carbocycles. The van der Waals surface area contributed by atoms with Crippen LogP contribution < -0.4 is 5.32 Å². The zero-order chi connectivity index (χ0) is 13.1. The van der Waals surface area contributed by atoms with Crippen LogP contribution in [0.25, 0.3) is 0 Å². The van der Waals surface area contributed by atoms with E-state index in [9.17, 15) is 4.79 Å². The van der Waals surface area contributed by atoms with Crippen LogP contribution in [0.5, 0.6) is 0 Å². The molecule has 0 aromatic rings. The van der Waals surface area contributed by atoms with Crippen LogP contribution in [0.3, 0.4) is 0 Å². The summed E-state index contributed by atoms with van der Waals surface area (Å²) in [7, 11) is 0. The Labute approximate surface area is 120 Å². The number of aliphatic imine (C=N–C) groups is 1. The maximum Gasteiger partial charge on any atom is 0.242 e. The summed E-state index contributed by atoms with van der Waals surface area (Å²) in [5.74, 6) is 0.222. The lowest BCUT2D eigenvalue weighted by molar-refractivity contribution is -0.121. The van der Waals surface area contributed by atoms with Crippen molar-refractivity contribution in [2.24, 2.45) is 4.99 Å². The predicted octanol–water partition coefficient (Wildman–Crippen LogP) is 3.63. The molecule has 1 N–H and O–H groups in total. The molecule has 2 saturated carbocycles. The minimum Gasteiger partial charge on any atom is -0.304 e. The van der Waals surface area contributed by atoms with Gasteiger partial charge >= 0.3 is 0 Å². The lowest BCUT2D eigenvalue weighted by Crippen LogP contribution is -2.34. The second-order valence-corrected chi connectivity index (χ2v) is 7.56. The fraction of sp³-hybridized carbons (Fsp3) is 0.867. The SMILES string of the molecule is O=C1NC(=NC2CCCCCCC2)SC12CCCC2. The number of amidine groups is 1. The van der Waals surface area contributed by atoms with Crippen LogP contribution in [0, 0.1) is 0 Å². The van der Waals surface area contributed by atoms with Gasteiger partial charge in [-0.3, -0.25) is 9.79 Å². The smallest absolute Gasteiger partial charge is 0.242 e. The number of amides is 1. The van der Waals surface area contributed by atoms with Gasteiger partial charge in [0.25, 0.3) is 0 Å². The van der Waals surface area contributed by atoms with E-state index < -0.39 is 0 Å². The van der Waals surface area contributed by atoms with Crippen LogP contribution in [0.15, 0.2) is 4.99 Å². The van der Waals surface area contributed by atoms with Crippen molar-refractivity contribution in [1.29, 1.82) is 0 Å². The molecule has 3 nitrogen and oxygen atoms in total. The van der Waals surface area contributed by atoms with Gasteiger partial charge in [0.1, 0.15) is 4.75 Å². The molecule has 4 heteroatoms. The number of hydrogen-bond donors (Lipinski definition) is 1. The van der Waals surface area contributed by atoms with Crippen molar-refractivity contribution in [3.63, 3.8) is 0 Å². The van der Waals surface area contributed by atoms with E-state index in [1.165, 1.54) is 57.8 Å². The van der Waals surface area contributed by atoms with Crippen molar-refractivity contribution < 1.29 is 4.79 Å². The van der Waals surface area contributed by atoms with E-state index in [0.717, 1.165) is 18.0 Å². The third-order valence-electron chi connectivity index (χ3n) is 4.71. The van der Waals surface area contributed by atoms with E-state index in [-0.39, 0.29) is 10.7 Å². The Hall–Kier alpha value is -0.510. The Bertz CT molecular complexity index is 366. The lowest BCUT2D eigenvalue weighted by Gasteiger charge is -2.17. The van der Waals surface area contributed by atoms with Gasteiger partial charge in [-0.2, -0.15) is 0 Å². The van der Waals surface area contributed by atoms with Crippen LogP contribution >= 0.6 is 11.8 Å². The number of rotatable bonds is 1. The monoisotopic (exact) mass is 280 g/mol. The summed E-state index contributed by atoms with van der Waals surface area (Å²) in [5.41, 5.74) is 0. The van der Waals surface area contributed by atoms with E-state index >= 15 is 0 Å². The maximum absolute atomic E-state index is 12.2. The number of thioether (sulfide) groups is 1. The molecule has 1 saturated heterocycles. The Kier molecular flexibility index (Phi) is 4.15. The Morgan fingerprint density at radius 3 is 2.32 bits per heavy atom. The maximum atomic E-state index is 12.2. The zero-order valence-corrected chi connectivity index (χ0v) is 12.4. The molecule has 0 aromatic heterocycles. The Morgan fingerprint density at radius 2 is 1.63 bits per heavy atom. The van der Waals surface area contributed by atoms with Gasteiger partial charge in [0.2, 0.25) is 5.91 Å². The number of nitrogens with one attached hydrogen (secondary N) is 1. The molecule has 3 fully saturated rings. The topological polar surface area (TPSA) is 41.5 Å². The van der Waals surface area contributed by atoms with Gasteiger partial charge in [-0.1, -0.05) is 56.7 Å². The van der Waals surface area contributed by atoms with Crippen LogP contribution in [0.1, 0.15) is 70.6 Å². The normalized spacial score (nSPS) is 30.5. The summed E-state index contributed by atoms with van der Waals surface area (Å²) in [6.07, 6.45) is 13.5. The third-order valence-corrected chi connectivity index (χ3v) is 6.10. The molecular formula is C15H24N2OS. The van der Waals surface area contributed by atoms with Crippen molar-refractivity contribution in [1.82, 2.24) is 5.32 Å². The first kappa shape index (κ1) is 13.5. The highest BCUT2D eigenvalue weighted by molar-refractivity contribution is 8.16. The van der Waals surface area contributed by atoms with E-state index in [4.69, 9.17) is 4.99 Å². The molecule has 19 heavy (non-hydrogen) atoms. The predicted molar refractivity (Wildman–Crippen MR) is 80.5 cm³/mol. The van der Waals surface area contributed by atoms with Gasteiger partial charge in [-0.15, -0.1) is 0 Å². The van der Waals surface area contributed by atoms with Gasteiger partial charge in [-0.05, 0) is 25.7 Å². The van der Waals surface area contributed by atoms with Gasteiger partial charge in [0.15, 0.2) is 5.17 Å². The summed E-state index contributed by atoms with van der Waals surface area (Å²) in [6, 6.07) is 0.444. The second kappa shape index (κ2) is 5.86. The Morgan fingerprint density at radius 1 is 1.00 bits per heavy atom. The minimum atomic E-state index is -0.152. The summed E-state index contributed by atoms with van der Waals surface area (Å²) in [5, 5.41) is 3.96. The first-order chi connectivity index (χ1) is 9.28. The second-order valence-electron chi connectivity index (χ2n) is 6.19. The molecule has 1 amide bonds. The van der Waals surface area contributed by atoms with E-state index in [0.29, 0.717) is 6.04 Å². The molecule has 1 spiro atoms. The number of nitrogens with zero attached hydrogens (tertiary/aromatic N) is 1. The van der Waals surface area contributed by atoms with Crippen LogP contribution in [-0.4, -0.2) is 21.9 Å². The first-order valence-electron chi connectivity index (χ1n) is 7.87. The molecule has 106 valence electrons. The standard InChI is InChI=1S/C15H24N2OS/c18-13-15(10-6-7-11-15)19-14(17-13)16-12-8-4-2-1-3-5-9-12/h12H,1-11H2,(H,16,17,18). The molecule has 0 bridgehead atoms. The van der Waals surface area contributed by atoms with Crippen molar-refractivity contribution in [3.05, 3.63) is 0 Å². The molecule has 1 heterocycles. The fourth-order valence-electron chi connectivity index (χ4n) is 3.53. The van der Waals surface area contributed by atoms with E-state index in [1.54, 1.807) is 11.8 Å². The highest BCUT2D eigenvalue weighted by Crippen LogP contribution is 2.45. The molecule has 0 atom stereocenters. The summed E-state index contributed by atoms with van der Waals surface area (Å²) >= 11 is 1.72.